The van der Waals surface area contributed by atoms with E-state index in [-0.39, 0.29) is 17.7 Å². The molecule has 3 aromatic rings. The lowest BCUT2D eigenvalue weighted by Gasteiger charge is -2.17. The first-order valence-corrected chi connectivity index (χ1v) is 12.8. The smallest absolute Gasteiger partial charge is 0.293 e. The Morgan fingerprint density at radius 1 is 1.00 bits per heavy atom. The topological polar surface area (TPSA) is 55.8 Å². The number of rotatable bonds is 10. The second-order valence-corrected chi connectivity index (χ2v) is 9.47. The summed E-state index contributed by atoms with van der Waals surface area (Å²) in [6, 6.07) is 20.8. The Bertz CT molecular complexity index is 1310. The number of hydrogen-bond acceptors (Lipinski definition) is 5. The molecule has 0 unspecified atom stereocenters. The van der Waals surface area contributed by atoms with Crippen molar-refractivity contribution >= 4 is 40.6 Å². The van der Waals surface area contributed by atoms with Crippen molar-refractivity contribution in [2.24, 2.45) is 0 Å². The van der Waals surface area contributed by atoms with Crippen LogP contribution in [0.3, 0.4) is 0 Å². The molecule has 0 atom stereocenters. The van der Waals surface area contributed by atoms with Crippen LogP contribution in [0, 0.1) is 0 Å². The van der Waals surface area contributed by atoms with Gasteiger partial charge in [0.1, 0.15) is 6.61 Å². The van der Waals surface area contributed by atoms with E-state index in [1.54, 1.807) is 24.3 Å². The largest absolute Gasteiger partial charge is 0.490 e. The van der Waals surface area contributed by atoms with Crippen LogP contribution in [0.4, 0.5) is 4.79 Å². The summed E-state index contributed by atoms with van der Waals surface area (Å²) in [6.07, 6.45) is 4.06. The van der Waals surface area contributed by atoms with Crippen LogP contribution in [0.15, 0.2) is 84.3 Å². The fourth-order valence-corrected chi connectivity index (χ4v) is 4.85. The molecular formula is C29H26ClNO4S. The SMILES string of the molecule is C=CCc1cc(/C=C2\SC(=O)N(Cc3ccccc3Cl)C2=O)cc(OCC)c1OCc1ccccc1. The van der Waals surface area contributed by atoms with E-state index in [9.17, 15) is 9.59 Å². The van der Waals surface area contributed by atoms with Crippen molar-refractivity contribution in [1.29, 1.82) is 0 Å². The van der Waals surface area contributed by atoms with Crippen LogP contribution in [0.2, 0.25) is 5.02 Å². The van der Waals surface area contributed by atoms with E-state index >= 15 is 0 Å². The molecule has 2 amide bonds. The number of allylic oxidation sites excluding steroid dienone is 1. The number of halogens is 1. The van der Waals surface area contributed by atoms with Crippen LogP contribution in [0.25, 0.3) is 6.08 Å². The summed E-state index contributed by atoms with van der Waals surface area (Å²) in [5.41, 5.74) is 3.38. The molecule has 36 heavy (non-hydrogen) atoms. The minimum Gasteiger partial charge on any atom is -0.490 e. The molecule has 0 aromatic heterocycles. The first kappa shape index (κ1) is 25.6. The highest BCUT2D eigenvalue weighted by Crippen LogP contribution is 2.38. The van der Waals surface area contributed by atoms with Gasteiger partial charge in [-0.1, -0.05) is 66.2 Å². The van der Waals surface area contributed by atoms with Gasteiger partial charge in [0.05, 0.1) is 18.1 Å². The van der Waals surface area contributed by atoms with Crippen molar-refractivity contribution < 1.29 is 19.1 Å². The van der Waals surface area contributed by atoms with Gasteiger partial charge in [-0.3, -0.25) is 14.5 Å². The molecule has 3 aromatic carbocycles. The van der Waals surface area contributed by atoms with Gasteiger partial charge in [0.2, 0.25) is 0 Å². The molecule has 0 spiro atoms. The van der Waals surface area contributed by atoms with Crippen LogP contribution >= 0.6 is 23.4 Å². The van der Waals surface area contributed by atoms with Gasteiger partial charge in [0.15, 0.2) is 11.5 Å². The van der Waals surface area contributed by atoms with Crippen molar-refractivity contribution in [2.45, 2.75) is 26.5 Å². The first-order chi connectivity index (χ1) is 17.5. The zero-order chi connectivity index (χ0) is 25.5. The fraction of sp³-hybridized carbons (Fsp3) is 0.172. The zero-order valence-electron chi connectivity index (χ0n) is 19.9. The van der Waals surface area contributed by atoms with E-state index in [2.05, 4.69) is 6.58 Å². The Kier molecular flexibility index (Phi) is 8.52. The maximum atomic E-state index is 13.1. The Morgan fingerprint density at radius 2 is 1.75 bits per heavy atom. The van der Waals surface area contributed by atoms with Gasteiger partial charge in [-0.05, 0) is 66.1 Å². The molecule has 1 aliphatic heterocycles. The third-order valence-corrected chi connectivity index (χ3v) is 6.78. The van der Waals surface area contributed by atoms with E-state index < -0.39 is 0 Å². The zero-order valence-corrected chi connectivity index (χ0v) is 21.5. The lowest BCUT2D eigenvalue weighted by molar-refractivity contribution is -0.123. The molecule has 184 valence electrons. The number of imide groups is 1. The second kappa shape index (κ2) is 12.0. The molecule has 4 rings (SSSR count). The highest BCUT2D eigenvalue weighted by Gasteiger charge is 2.35. The quantitative estimate of drug-likeness (QED) is 0.208. The molecule has 0 radical (unpaired) electrons. The lowest BCUT2D eigenvalue weighted by atomic mass is 10.0. The van der Waals surface area contributed by atoms with Gasteiger partial charge in [-0.15, -0.1) is 6.58 Å². The Morgan fingerprint density at radius 3 is 2.47 bits per heavy atom. The van der Waals surface area contributed by atoms with Crippen LogP contribution < -0.4 is 9.47 Å². The molecule has 1 aliphatic rings. The molecule has 0 bridgehead atoms. The van der Waals surface area contributed by atoms with Crippen LogP contribution in [-0.2, 0) is 24.4 Å². The van der Waals surface area contributed by atoms with Crippen molar-refractivity contribution in [3.8, 4) is 11.5 Å². The minimum atomic E-state index is -0.349. The average molecular weight is 520 g/mol. The van der Waals surface area contributed by atoms with Crippen LogP contribution in [0.1, 0.15) is 29.2 Å². The van der Waals surface area contributed by atoms with Crippen molar-refractivity contribution in [3.63, 3.8) is 0 Å². The number of carbonyl (C=O) groups is 2. The van der Waals surface area contributed by atoms with Crippen molar-refractivity contribution in [1.82, 2.24) is 4.90 Å². The predicted octanol–water partition coefficient (Wildman–Crippen LogP) is 7.28. The predicted molar refractivity (Wildman–Crippen MR) is 145 cm³/mol. The third-order valence-electron chi connectivity index (χ3n) is 5.50. The van der Waals surface area contributed by atoms with Gasteiger partial charge in [-0.25, -0.2) is 0 Å². The standard InChI is InChI=1S/C29H26ClNO4S/c1-3-10-22-15-21(16-25(34-4-2)27(22)35-19-20-11-6-5-7-12-20)17-26-28(32)31(29(33)36-26)18-23-13-8-9-14-24(23)30/h3,5-9,11-17H,1,4,10,18-19H2,2H3/b26-17-. The molecule has 0 N–H and O–H groups in total. The monoisotopic (exact) mass is 519 g/mol. The van der Waals surface area contributed by atoms with E-state index in [0.717, 1.165) is 34.0 Å². The highest BCUT2D eigenvalue weighted by atomic mass is 35.5. The molecule has 1 saturated heterocycles. The number of carbonyl (C=O) groups excluding carboxylic acids is 2. The maximum Gasteiger partial charge on any atom is 0.293 e. The van der Waals surface area contributed by atoms with Gasteiger partial charge in [0, 0.05) is 10.6 Å². The van der Waals surface area contributed by atoms with Gasteiger partial charge in [-0.2, -0.15) is 0 Å². The molecule has 1 fully saturated rings. The van der Waals surface area contributed by atoms with E-state index in [4.69, 9.17) is 21.1 Å². The Balaban J connectivity index is 1.62. The number of thioether (sulfide) groups is 1. The summed E-state index contributed by atoms with van der Waals surface area (Å²) in [4.78, 5) is 27.3. The summed E-state index contributed by atoms with van der Waals surface area (Å²) in [5.74, 6) is 0.872. The number of benzene rings is 3. The van der Waals surface area contributed by atoms with E-state index in [0.29, 0.717) is 41.1 Å². The summed E-state index contributed by atoms with van der Waals surface area (Å²) >= 11 is 7.15. The summed E-state index contributed by atoms with van der Waals surface area (Å²) in [5, 5.41) is 0.187. The van der Waals surface area contributed by atoms with Gasteiger partial charge in [0.25, 0.3) is 11.1 Å². The summed E-state index contributed by atoms with van der Waals surface area (Å²) in [7, 11) is 0. The lowest BCUT2D eigenvalue weighted by Crippen LogP contribution is -2.27. The number of nitrogens with zero attached hydrogens (tertiary/aromatic N) is 1. The molecule has 5 nitrogen and oxygen atoms in total. The molecule has 0 aliphatic carbocycles. The third kappa shape index (κ3) is 6.01. The maximum absolute atomic E-state index is 13.1. The minimum absolute atomic E-state index is 0.125. The van der Waals surface area contributed by atoms with E-state index in [1.165, 1.54) is 4.90 Å². The number of amides is 2. The molecule has 1 heterocycles. The number of ether oxygens (including phenoxy) is 2. The fourth-order valence-electron chi connectivity index (χ4n) is 3.81. The highest BCUT2D eigenvalue weighted by molar-refractivity contribution is 8.18. The summed E-state index contributed by atoms with van der Waals surface area (Å²) in [6.45, 7) is 6.74. The van der Waals surface area contributed by atoms with Crippen LogP contribution in [0.5, 0.6) is 11.5 Å². The average Bonchev–Trinajstić information content (AvgIpc) is 3.13. The molecule has 7 heteroatoms. The van der Waals surface area contributed by atoms with Gasteiger partial charge < -0.3 is 9.47 Å². The van der Waals surface area contributed by atoms with Gasteiger partial charge >= 0.3 is 0 Å². The Hall–Kier alpha value is -3.48. The Labute approximate surface area is 220 Å². The van der Waals surface area contributed by atoms with E-state index in [1.807, 2.05) is 61.5 Å². The number of hydrogen-bond donors (Lipinski definition) is 0. The first-order valence-electron chi connectivity index (χ1n) is 11.6. The summed E-state index contributed by atoms with van der Waals surface area (Å²) < 4.78 is 12.1. The molecular weight excluding hydrogens is 494 g/mol. The second-order valence-electron chi connectivity index (χ2n) is 8.07. The van der Waals surface area contributed by atoms with Crippen molar-refractivity contribution in [3.05, 3.63) is 112 Å². The normalized spacial score (nSPS) is 14.4. The molecule has 0 saturated carbocycles. The van der Waals surface area contributed by atoms with Crippen molar-refractivity contribution in [2.75, 3.05) is 6.61 Å². The van der Waals surface area contributed by atoms with Crippen LogP contribution in [-0.4, -0.2) is 22.7 Å².